The van der Waals surface area contributed by atoms with E-state index in [0.29, 0.717) is 0 Å². The molecule has 38 heavy (non-hydrogen) atoms. The number of anilines is 2. The second kappa shape index (κ2) is 9.89. The quantitative estimate of drug-likeness (QED) is 0.233. The van der Waals surface area contributed by atoms with Gasteiger partial charge in [-0.1, -0.05) is 72.8 Å². The van der Waals surface area contributed by atoms with Gasteiger partial charge in [0.25, 0.3) is 0 Å². The molecular weight excluding hydrogens is 505 g/mol. The van der Waals surface area contributed by atoms with E-state index in [0.717, 1.165) is 22.8 Å². The zero-order chi connectivity index (χ0) is 25.3. The average molecular weight is 531 g/mol. The summed E-state index contributed by atoms with van der Waals surface area (Å²) in [5, 5.41) is 8.78. The summed E-state index contributed by atoms with van der Waals surface area (Å²) >= 11 is 3.57. The van der Waals surface area contributed by atoms with Crippen LogP contribution >= 0.6 is 22.7 Å². The highest BCUT2D eigenvalue weighted by Crippen LogP contribution is 2.39. The predicted molar refractivity (Wildman–Crippen MR) is 161 cm³/mol. The molecule has 7 rings (SSSR count). The number of benzene rings is 3. The Kier molecular flexibility index (Phi) is 5.96. The molecule has 2 aliphatic rings. The van der Waals surface area contributed by atoms with Crippen LogP contribution in [0, 0.1) is 0 Å². The Bertz CT molecular complexity index is 1440. The molecule has 0 saturated heterocycles. The smallest absolute Gasteiger partial charge is 0.105 e. The topological polar surface area (TPSA) is 30.5 Å². The third-order valence-corrected chi connectivity index (χ3v) is 8.82. The minimum absolute atomic E-state index is 0.150. The minimum Gasteiger partial charge on any atom is -0.297 e. The van der Waals surface area contributed by atoms with Crippen molar-refractivity contribution in [2.45, 2.75) is 12.1 Å². The minimum atomic E-state index is 0.150. The first-order valence-electron chi connectivity index (χ1n) is 12.7. The van der Waals surface area contributed by atoms with Gasteiger partial charge < -0.3 is 0 Å². The van der Waals surface area contributed by atoms with Crippen LogP contribution in [0.1, 0.15) is 33.0 Å². The van der Waals surface area contributed by atoms with Crippen molar-refractivity contribution in [3.8, 4) is 0 Å². The molecule has 0 radical (unpaired) electrons. The first-order valence-corrected chi connectivity index (χ1v) is 14.4. The fourth-order valence-electron chi connectivity index (χ4n) is 5.05. The molecule has 2 aromatic heterocycles. The lowest BCUT2D eigenvalue weighted by Crippen LogP contribution is -2.33. The van der Waals surface area contributed by atoms with Crippen LogP contribution < -0.4 is 20.9 Å². The van der Waals surface area contributed by atoms with Crippen molar-refractivity contribution in [1.82, 2.24) is 10.9 Å². The van der Waals surface area contributed by atoms with E-state index < -0.39 is 0 Å². The van der Waals surface area contributed by atoms with Crippen LogP contribution in [0.25, 0.3) is 11.4 Å². The number of nitrogens with one attached hydrogen (secondary N) is 2. The van der Waals surface area contributed by atoms with Crippen molar-refractivity contribution in [3.63, 3.8) is 0 Å². The number of rotatable bonds is 6. The summed E-state index contributed by atoms with van der Waals surface area (Å²) in [5.74, 6) is 0. The summed E-state index contributed by atoms with van der Waals surface area (Å²) in [7, 11) is 0. The van der Waals surface area contributed by atoms with E-state index >= 15 is 0 Å². The molecule has 0 spiro atoms. The van der Waals surface area contributed by atoms with Gasteiger partial charge in [0, 0.05) is 9.75 Å². The molecule has 2 unspecified atom stereocenters. The maximum absolute atomic E-state index is 3.67. The van der Waals surface area contributed by atoms with Crippen LogP contribution in [0.5, 0.6) is 0 Å². The van der Waals surface area contributed by atoms with Gasteiger partial charge in [0.1, 0.15) is 12.1 Å². The number of hydrazine groups is 2. The van der Waals surface area contributed by atoms with Gasteiger partial charge >= 0.3 is 0 Å². The van der Waals surface area contributed by atoms with Crippen molar-refractivity contribution in [2.75, 3.05) is 10.0 Å². The second-order valence-corrected chi connectivity index (χ2v) is 11.3. The van der Waals surface area contributed by atoms with Gasteiger partial charge in [0.15, 0.2) is 0 Å². The molecule has 0 aliphatic carbocycles. The highest BCUT2D eigenvalue weighted by molar-refractivity contribution is 7.10. The molecule has 0 bridgehead atoms. The lowest BCUT2D eigenvalue weighted by Gasteiger charge is -2.27. The molecule has 2 atom stereocenters. The van der Waals surface area contributed by atoms with Gasteiger partial charge in [-0.05, 0) is 70.4 Å². The summed E-state index contributed by atoms with van der Waals surface area (Å²) in [6.45, 7) is 0. The molecule has 2 N–H and O–H groups in total. The van der Waals surface area contributed by atoms with E-state index in [1.807, 2.05) is 0 Å². The molecule has 2 aliphatic heterocycles. The first-order chi connectivity index (χ1) is 18.8. The summed E-state index contributed by atoms with van der Waals surface area (Å²) in [6.07, 6.45) is 4.65. The van der Waals surface area contributed by atoms with Crippen LogP contribution in [0.2, 0.25) is 0 Å². The molecule has 186 valence electrons. The molecule has 0 fully saturated rings. The number of para-hydroxylation sites is 2. The Morgan fingerprint density at radius 2 is 0.895 bits per heavy atom. The summed E-state index contributed by atoms with van der Waals surface area (Å²) < 4.78 is 0. The lowest BCUT2D eigenvalue weighted by molar-refractivity contribution is 0.733. The first kappa shape index (κ1) is 22.9. The van der Waals surface area contributed by atoms with Gasteiger partial charge in [-0.25, -0.2) is 0 Å². The number of nitrogens with zero attached hydrogens (tertiary/aromatic N) is 2. The highest BCUT2D eigenvalue weighted by atomic mass is 32.1. The van der Waals surface area contributed by atoms with Gasteiger partial charge in [-0.15, -0.1) is 22.7 Å². The Morgan fingerprint density at radius 3 is 1.26 bits per heavy atom. The summed E-state index contributed by atoms with van der Waals surface area (Å²) in [5.41, 5.74) is 14.2. The fraction of sp³-hybridized carbons (Fsp3) is 0.0625. The molecule has 0 amide bonds. The van der Waals surface area contributed by atoms with Crippen molar-refractivity contribution in [2.24, 2.45) is 0 Å². The summed E-state index contributed by atoms with van der Waals surface area (Å²) in [6, 6.07) is 38.8. The zero-order valence-electron chi connectivity index (χ0n) is 20.6. The van der Waals surface area contributed by atoms with Crippen molar-refractivity contribution in [1.29, 1.82) is 0 Å². The van der Waals surface area contributed by atoms with Crippen LogP contribution in [-0.2, 0) is 0 Å². The van der Waals surface area contributed by atoms with E-state index in [1.165, 1.54) is 20.9 Å². The van der Waals surface area contributed by atoms with E-state index in [2.05, 4.69) is 153 Å². The van der Waals surface area contributed by atoms with E-state index in [-0.39, 0.29) is 12.1 Å². The maximum Gasteiger partial charge on any atom is 0.105 e. The molecule has 3 aromatic carbocycles. The van der Waals surface area contributed by atoms with Gasteiger partial charge in [-0.2, -0.15) is 0 Å². The molecule has 4 heterocycles. The van der Waals surface area contributed by atoms with Crippen LogP contribution in [0.4, 0.5) is 11.4 Å². The lowest BCUT2D eigenvalue weighted by atomic mass is 10.1. The van der Waals surface area contributed by atoms with E-state index in [9.17, 15) is 0 Å². The van der Waals surface area contributed by atoms with Crippen molar-refractivity contribution >= 4 is 45.4 Å². The Balaban J connectivity index is 1.17. The Hall–Kier alpha value is -4.26. The maximum atomic E-state index is 3.67. The summed E-state index contributed by atoms with van der Waals surface area (Å²) in [4.78, 5) is 2.63. The zero-order valence-corrected chi connectivity index (χ0v) is 22.2. The molecule has 6 heteroatoms. The number of thiophene rings is 2. The number of hydrogen-bond donors (Lipinski definition) is 2. The predicted octanol–water partition coefficient (Wildman–Crippen LogP) is 8.02. The van der Waals surface area contributed by atoms with Gasteiger partial charge in [0.2, 0.25) is 0 Å². The Labute approximate surface area is 230 Å². The third kappa shape index (κ3) is 4.28. The van der Waals surface area contributed by atoms with E-state index in [4.69, 9.17) is 0 Å². The fourth-order valence-corrected chi connectivity index (χ4v) is 6.62. The largest absolute Gasteiger partial charge is 0.297 e. The Morgan fingerprint density at radius 1 is 0.474 bits per heavy atom. The average Bonchev–Trinajstić information content (AvgIpc) is 3.80. The SMILES string of the molecule is C1=C(c2ccc(C3=CC(c4cccs4)N(c4ccccc4)N3)cc2)NN(c2ccccc2)C1c1cccs1. The standard InChI is InChI=1S/C32H26N4S2/c1-3-9-25(10-4-1)35-29(31-13-7-19-37-31)21-27(33-35)23-15-17-24(18-16-23)28-22-30(32-14-8-20-38-32)36(34-28)26-11-5-2-6-12-26/h1-22,29-30,33-34H. The normalized spacial score (nSPS) is 18.6. The van der Waals surface area contributed by atoms with Crippen LogP contribution in [0.15, 0.2) is 132 Å². The highest BCUT2D eigenvalue weighted by Gasteiger charge is 2.29. The van der Waals surface area contributed by atoms with Crippen LogP contribution in [-0.4, -0.2) is 0 Å². The monoisotopic (exact) mass is 530 g/mol. The second-order valence-electron chi connectivity index (χ2n) is 9.29. The molecule has 4 nitrogen and oxygen atoms in total. The van der Waals surface area contributed by atoms with E-state index in [1.54, 1.807) is 22.7 Å². The number of hydrogen-bond acceptors (Lipinski definition) is 6. The molecular formula is C32H26N4S2. The molecule has 0 saturated carbocycles. The van der Waals surface area contributed by atoms with Gasteiger partial charge in [-0.3, -0.25) is 20.9 Å². The van der Waals surface area contributed by atoms with Crippen molar-refractivity contribution < 1.29 is 0 Å². The van der Waals surface area contributed by atoms with Crippen molar-refractivity contribution in [3.05, 3.63) is 153 Å². The molecule has 5 aromatic rings. The third-order valence-electron chi connectivity index (χ3n) is 6.93. The van der Waals surface area contributed by atoms with Gasteiger partial charge in [0.05, 0.1) is 22.8 Å². The van der Waals surface area contributed by atoms with Crippen LogP contribution in [0.3, 0.4) is 0 Å².